The number of esters is 1. The molecule has 0 radical (unpaired) electrons. The van der Waals surface area contributed by atoms with E-state index in [1.807, 2.05) is 30.3 Å². The summed E-state index contributed by atoms with van der Waals surface area (Å²) < 4.78 is 17.0. The van der Waals surface area contributed by atoms with Gasteiger partial charge in [-0.2, -0.15) is 0 Å². The number of rotatable bonds is 12. The minimum absolute atomic E-state index is 0.00257. The van der Waals surface area contributed by atoms with E-state index >= 15 is 0 Å². The number of benzene rings is 2. The summed E-state index contributed by atoms with van der Waals surface area (Å²) in [4.78, 5) is 26.9. The van der Waals surface area contributed by atoms with Crippen LogP contribution in [0.3, 0.4) is 0 Å². The maximum absolute atomic E-state index is 12.6. The van der Waals surface area contributed by atoms with Crippen LogP contribution in [0.2, 0.25) is 39.3 Å². The molecule has 1 aliphatic heterocycles. The molecule has 6 nitrogen and oxygen atoms in total. The van der Waals surface area contributed by atoms with Crippen LogP contribution in [0.5, 0.6) is 11.5 Å². The van der Waals surface area contributed by atoms with Crippen molar-refractivity contribution in [3.8, 4) is 11.5 Å². The van der Waals surface area contributed by atoms with Gasteiger partial charge in [-0.1, -0.05) is 63.6 Å². The summed E-state index contributed by atoms with van der Waals surface area (Å²) in [5, 5.41) is 0. The van der Waals surface area contributed by atoms with Crippen molar-refractivity contribution in [2.24, 2.45) is 0 Å². The van der Waals surface area contributed by atoms with Gasteiger partial charge in [0.25, 0.3) is 0 Å². The minimum atomic E-state index is -1.70. The lowest BCUT2D eigenvalue weighted by Crippen LogP contribution is -2.55. The molecule has 200 valence electrons. The lowest BCUT2D eigenvalue weighted by molar-refractivity contribution is -0.112. The van der Waals surface area contributed by atoms with Gasteiger partial charge < -0.3 is 19.1 Å². The van der Waals surface area contributed by atoms with Crippen LogP contribution in [-0.2, 0) is 16.1 Å². The molecule has 1 atom stereocenters. The molecule has 0 aliphatic carbocycles. The Kier molecular flexibility index (Phi) is 9.55. The van der Waals surface area contributed by atoms with Crippen molar-refractivity contribution in [2.75, 3.05) is 19.6 Å². The van der Waals surface area contributed by atoms with E-state index in [1.165, 1.54) is 0 Å². The SMILES string of the molecule is CC(=O)/C=C/c1cc2c(cc1CN(C[Si](C)(C)C)C(CCOC(=O)c1ccccc1)[Si](C)(C)C)OCO2. The fourth-order valence-corrected chi connectivity index (χ4v) is 8.68. The first-order valence-corrected chi connectivity index (χ1v) is 20.2. The number of hydrogen-bond acceptors (Lipinski definition) is 6. The van der Waals surface area contributed by atoms with Gasteiger partial charge in [0.15, 0.2) is 17.3 Å². The third-order valence-electron chi connectivity index (χ3n) is 6.26. The number of carbonyl (C=O) groups is 2. The van der Waals surface area contributed by atoms with Gasteiger partial charge in [0.1, 0.15) is 0 Å². The van der Waals surface area contributed by atoms with Crippen molar-refractivity contribution in [1.82, 2.24) is 4.90 Å². The van der Waals surface area contributed by atoms with Crippen molar-refractivity contribution in [2.45, 2.75) is 64.8 Å². The molecule has 2 aromatic rings. The van der Waals surface area contributed by atoms with E-state index in [-0.39, 0.29) is 18.5 Å². The second kappa shape index (κ2) is 12.2. The van der Waals surface area contributed by atoms with E-state index < -0.39 is 16.1 Å². The van der Waals surface area contributed by atoms with E-state index in [4.69, 9.17) is 14.2 Å². The fraction of sp³-hybridized carbons (Fsp3) is 0.448. The van der Waals surface area contributed by atoms with Crippen LogP contribution in [0.1, 0.15) is 34.8 Å². The first-order valence-electron chi connectivity index (χ1n) is 12.9. The van der Waals surface area contributed by atoms with Gasteiger partial charge in [0.05, 0.1) is 28.3 Å². The van der Waals surface area contributed by atoms with Crippen LogP contribution in [0, 0.1) is 0 Å². The van der Waals surface area contributed by atoms with E-state index in [9.17, 15) is 9.59 Å². The average Bonchev–Trinajstić information content (AvgIpc) is 3.26. The van der Waals surface area contributed by atoms with E-state index in [0.717, 1.165) is 36.0 Å². The normalized spacial score (nSPS) is 14.3. The second-order valence-corrected chi connectivity index (χ2v) is 22.8. The van der Waals surface area contributed by atoms with Crippen molar-refractivity contribution < 1.29 is 23.8 Å². The summed E-state index contributed by atoms with van der Waals surface area (Å²) in [7, 11) is -3.19. The molecule has 0 saturated carbocycles. The summed E-state index contributed by atoms with van der Waals surface area (Å²) >= 11 is 0. The van der Waals surface area contributed by atoms with E-state index in [1.54, 1.807) is 25.1 Å². The van der Waals surface area contributed by atoms with Crippen LogP contribution >= 0.6 is 0 Å². The summed E-state index contributed by atoms with van der Waals surface area (Å²) in [6.07, 6.45) is 5.27. The quantitative estimate of drug-likeness (QED) is 0.182. The van der Waals surface area contributed by atoms with Crippen LogP contribution in [-0.4, -0.2) is 58.0 Å². The zero-order valence-corrected chi connectivity index (χ0v) is 25.3. The number of allylic oxidation sites excluding steroid dienone is 1. The molecule has 37 heavy (non-hydrogen) atoms. The van der Waals surface area contributed by atoms with Gasteiger partial charge in [0.2, 0.25) is 6.79 Å². The standard InChI is InChI=1S/C29H41NO5Si2/c1-22(31)13-14-24-17-26-27(35-21-34-26)18-25(24)19-30(20-36(2,3)4)28(37(5,6)7)15-16-33-29(32)23-11-9-8-10-12-23/h8-14,17-18,28H,15-16,19-21H2,1-7H3/b14-13+. The fourth-order valence-electron chi connectivity index (χ4n) is 4.69. The van der Waals surface area contributed by atoms with Crippen molar-refractivity contribution in [1.29, 1.82) is 0 Å². The Labute approximate surface area is 223 Å². The monoisotopic (exact) mass is 539 g/mol. The smallest absolute Gasteiger partial charge is 0.338 e. The van der Waals surface area contributed by atoms with Crippen LogP contribution < -0.4 is 9.47 Å². The Bertz CT molecular complexity index is 1120. The Hall–Kier alpha value is -2.69. The number of ether oxygens (including phenoxy) is 3. The van der Waals surface area contributed by atoms with Gasteiger partial charge in [-0.3, -0.25) is 4.79 Å². The number of nitrogens with zero attached hydrogens (tertiary/aromatic N) is 1. The molecule has 0 aromatic heterocycles. The molecule has 0 saturated heterocycles. The maximum atomic E-state index is 12.6. The van der Waals surface area contributed by atoms with Gasteiger partial charge in [0, 0.05) is 12.2 Å². The van der Waals surface area contributed by atoms with Crippen molar-refractivity contribution >= 4 is 34.0 Å². The highest BCUT2D eigenvalue weighted by molar-refractivity contribution is 6.78. The first kappa shape index (κ1) is 28.9. The van der Waals surface area contributed by atoms with Crippen LogP contribution in [0.25, 0.3) is 6.08 Å². The van der Waals surface area contributed by atoms with E-state index in [0.29, 0.717) is 23.6 Å². The zero-order valence-electron chi connectivity index (χ0n) is 23.3. The molecule has 2 aromatic carbocycles. The lowest BCUT2D eigenvalue weighted by Gasteiger charge is -2.42. The number of hydrogen-bond donors (Lipinski definition) is 0. The highest BCUT2D eigenvalue weighted by Gasteiger charge is 2.35. The Morgan fingerprint density at radius 3 is 2.27 bits per heavy atom. The molecule has 1 aliphatic rings. The minimum Gasteiger partial charge on any atom is -0.462 e. The third-order valence-corrected chi connectivity index (χ3v) is 10.3. The molecule has 0 bridgehead atoms. The average molecular weight is 540 g/mol. The molecule has 3 rings (SSSR count). The first-order chi connectivity index (χ1) is 17.3. The molecule has 0 N–H and O–H groups in total. The number of carbonyl (C=O) groups excluding carboxylic acids is 2. The van der Waals surface area contributed by atoms with Gasteiger partial charge in [-0.05, 0) is 61.0 Å². The summed E-state index contributed by atoms with van der Waals surface area (Å²) in [5.41, 5.74) is 2.94. The van der Waals surface area contributed by atoms with Crippen molar-refractivity contribution in [3.63, 3.8) is 0 Å². The number of fused-ring (bicyclic) bond motifs is 1. The molecule has 8 heteroatoms. The zero-order chi connectivity index (χ0) is 27.2. The molecule has 1 heterocycles. The van der Waals surface area contributed by atoms with Crippen LogP contribution in [0.4, 0.5) is 0 Å². The van der Waals surface area contributed by atoms with E-state index in [2.05, 4.69) is 50.2 Å². The summed E-state index contributed by atoms with van der Waals surface area (Å²) in [6, 6.07) is 13.2. The molecular weight excluding hydrogens is 498 g/mol. The largest absolute Gasteiger partial charge is 0.462 e. The molecule has 0 spiro atoms. The second-order valence-electron chi connectivity index (χ2n) is 12.0. The predicted molar refractivity (Wildman–Crippen MR) is 155 cm³/mol. The third kappa shape index (κ3) is 8.69. The molecule has 0 fully saturated rings. The van der Waals surface area contributed by atoms with Gasteiger partial charge in [-0.15, -0.1) is 0 Å². The maximum Gasteiger partial charge on any atom is 0.338 e. The number of ketones is 1. The predicted octanol–water partition coefficient (Wildman–Crippen LogP) is 6.19. The highest BCUT2D eigenvalue weighted by atomic mass is 28.3. The Morgan fingerprint density at radius 2 is 1.68 bits per heavy atom. The molecule has 1 unspecified atom stereocenters. The summed E-state index contributed by atoms with van der Waals surface area (Å²) in [6.45, 7) is 17.1. The van der Waals surface area contributed by atoms with Crippen molar-refractivity contribution in [3.05, 3.63) is 65.2 Å². The highest BCUT2D eigenvalue weighted by Crippen LogP contribution is 2.36. The van der Waals surface area contributed by atoms with Gasteiger partial charge >= 0.3 is 5.97 Å². The molecule has 0 amide bonds. The lowest BCUT2D eigenvalue weighted by atomic mass is 10.0. The topological polar surface area (TPSA) is 65.1 Å². The van der Waals surface area contributed by atoms with Gasteiger partial charge in [-0.25, -0.2) is 4.79 Å². The Morgan fingerprint density at radius 1 is 1.03 bits per heavy atom. The molecular formula is C29H41NO5Si2. The summed E-state index contributed by atoms with van der Waals surface area (Å²) in [5.74, 6) is 1.17. The van der Waals surface area contributed by atoms with Crippen LogP contribution in [0.15, 0.2) is 48.5 Å². The Balaban J connectivity index is 1.88.